The molecular weight excluding hydrogens is 316 g/mol. The highest BCUT2D eigenvalue weighted by Crippen LogP contribution is 2.37. The average Bonchev–Trinajstić information content (AvgIpc) is 3.41. The zero-order valence-electron chi connectivity index (χ0n) is 14.7. The third-order valence-electron chi connectivity index (χ3n) is 5.66. The second-order valence-corrected chi connectivity index (χ2v) is 7.56. The van der Waals surface area contributed by atoms with E-state index in [0.29, 0.717) is 37.0 Å². The Labute approximate surface area is 148 Å². The van der Waals surface area contributed by atoms with Gasteiger partial charge in [0.1, 0.15) is 5.82 Å². The lowest BCUT2D eigenvalue weighted by atomic mass is 10.1. The summed E-state index contributed by atoms with van der Waals surface area (Å²) in [5, 5.41) is 0. The minimum absolute atomic E-state index is 0.0162. The first kappa shape index (κ1) is 16.5. The van der Waals surface area contributed by atoms with Gasteiger partial charge in [0.15, 0.2) is 0 Å². The molecule has 2 saturated carbocycles. The fourth-order valence-electron chi connectivity index (χ4n) is 3.96. The number of aromatic nitrogens is 2. The summed E-state index contributed by atoms with van der Waals surface area (Å²) in [4.78, 5) is 37.9. The van der Waals surface area contributed by atoms with Gasteiger partial charge in [0, 0.05) is 50.4 Å². The van der Waals surface area contributed by atoms with Crippen LogP contribution >= 0.6 is 0 Å². The zero-order chi connectivity index (χ0) is 17.2. The topological polar surface area (TPSA) is 66.4 Å². The van der Waals surface area contributed by atoms with Gasteiger partial charge >= 0.3 is 0 Å². The van der Waals surface area contributed by atoms with E-state index < -0.39 is 0 Å². The molecule has 0 atom stereocenters. The first-order chi connectivity index (χ1) is 12.2. The highest BCUT2D eigenvalue weighted by molar-refractivity contribution is 5.93. The molecular formula is C19H26N4O2. The van der Waals surface area contributed by atoms with Crippen LogP contribution in [0.3, 0.4) is 0 Å². The van der Waals surface area contributed by atoms with Crippen molar-refractivity contribution in [2.75, 3.05) is 26.2 Å². The van der Waals surface area contributed by atoms with Gasteiger partial charge < -0.3 is 9.80 Å². The van der Waals surface area contributed by atoms with Crippen molar-refractivity contribution in [2.24, 2.45) is 5.92 Å². The van der Waals surface area contributed by atoms with E-state index in [4.69, 9.17) is 0 Å². The molecule has 3 aliphatic rings. The number of carbonyl (C=O) groups excluding carboxylic acids is 2. The van der Waals surface area contributed by atoms with Gasteiger partial charge in [-0.3, -0.25) is 9.59 Å². The molecule has 2 aliphatic carbocycles. The van der Waals surface area contributed by atoms with Gasteiger partial charge in [-0.25, -0.2) is 9.97 Å². The lowest BCUT2D eigenvalue weighted by Crippen LogP contribution is -2.39. The number of nitrogens with zero attached hydrogens (tertiary/aromatic N) is 4. The Morgan fingerprint density at radius 1 is 0.840 bits per heavy atom. The van der Waals surface area contributed by atoms with E-state index in [1.807, 2.05) is 9.80 Å². The Balaban J connectivity index is 1.36. The molecule has 25 heavy (non-hydrogen) atoms. The summed E-state index contributed by atoms with van der Waals surface area (Å²) in [6.45, 7) is 2.69. The van der Waals surface area contributed by atoms with Crippen LogP contribution < -0.4 is 0 Å². The molecule has 3 fully saturated rings. The fourth-order valence-corrected chi connectivity index (χ4v) is 3.96. The fraction of sp³-hybridized carbons (Fsp3) is 0.684. The Morgan fingerprint density at radius 3 is 2.16 bits per heavy atom. The second kappa shape index (κ2) is 7.10. The molecule has 0 N–H and O–H groups in total. The lowest BCUT2D eigenvalue weighted by Gasteiger charge is -2.24. The van der Waals surface area contributed by atoms with Crippen LogP contribution in [0.2, 0.25) is 0 Å². The molecule has 0 unspecified atom stereocenters. The van der Waals surface area contributed by atoms with Crippen molar-refractivity contribution in [2.45, 2.75) is 50.9 Å². The molecule has 2 amide bonds. The van der Waals surface area contributed by atoms with Gasteiger partial charge in [-0.05, 0) is 32.1 Å². The molecule has 1 saturated heterocycles. The first-order valence-corrected chi connectivity index (χ1v) is 9.62. The summed E-state index contributed by atoms with van der Waals surface area (Å²) in [6.07, 6.45) is 10.9. The van der Waals surface area contributed by atoms with E-state index in [1.165, 1.54) is 12.8 Å². The van der Waals surface area contributed by atoms with E-state index in [-0.39, 0.29) is 11.8 Å². The van der Waals surface area contributed by atoms with Crippen molar-refractivity contribution in [1.82, 2.24) is 19.8 Å². The predicted octanol–water partition coefficient (Wildman–Crippen LogP) is 2.22. The van der Waals surface area contributed by atoms with Crippen LogP contribution in [0.4, 0.5) is 0 Å². The highest BCUT2D eigenvalue weighted by Gasteiger charge is 2.30. The van der Waals surface area contributed by atoms with Crippen molar-refractivity contribution in [3.8, 4) is 0 Å². The molecule has 2 heterocycles. The Morgan fingerprint density at radius 2 is 1.48 bits per heavy atom. The lowest BCUT2D eigenvalue weighted by molar-refractivity contribution is -0.135. The van der Waals surface area contributed by atoms with Crippen LogP contribution in [0.5, 0.6) is 0 Å². The summed E-state index contributed by atoms with van der Waals surface area (Å²) >= 11 is 0. The molecule has 0 aromatic carbocycles. The van der Waals surface area contributed by atoms with Gasteiger partial charge in [-0.15, -0.1) is 0 Å². The molecule has 0 spiro atoms. The minimum atomic E-state index is -0.0162. The molecule has 6 nitrogen and oxygen atoms in total. The number of rotatable bonds is 3. The smallest absolute Gasteiger partial charge is 0.257 e. The SMILES string of the molecule is O=C(c1cnc(C2CC2)nc1)N1CCCN(C(=O)C2CCCC2)CC1. The van der Waals surface area contributed by atoms with Gasteiger partial charge in [-0.2, -0.15) is 0 Å². The normalized spacial score (nSPS) is 22.1. The number of hydrogen-bond acceptors (Lipinski definition) is 4. The Kier molecular flexibility index (Phi) is 4.68. The van der Waals surface area contributed by atoms with E-state index in [1.54, 1.807) is 12.4 Å². The summed E-state index contributed by atoms with van der Waals surface area (Å²) in [7, 11) is 0. The van der Waals surface area contributed by atoms with Gasteiger partial charge in [0.05, 0.1) is 5.56 Å². The summed E-state index contributed by atoms with van der Waals surface area (Å²) in [6, 6.07) is 0. The van der Waals surface area contributed by atoms with E-state index in [2.05, 4.69) is 9.97 Å². The van der Waals surface area contributed by atoms with Crippen molar-refractivity contribution >= 4 is 11.8 Å². The van der Waals surface area contributed by atoms with Gasteiger partial charge in [0.25, 0.3) is 5.91 Å². The molecule has 134 valence electrons. The van der Waals surface area contributed by atoms with E-state index in [0.717, 1.165) is 44.5 Å². The van der Waals surface area contributed by atoms with Crippen molar-refractivity contribution in [1.29, 1.82) is 0 Å². The maximum absolute atomic E-state index is 12.7. The van der Waals surface area contributed by atoms with E-state index in [9.17, 15) is 9.59 Å². The summed E-state index contributed by atoms with van der Waals surface area (Å²) in [5.41, 5.74) is 0.556. The van der Waals surface area contributed by atoms with Crippen LogP contribution in [0, 0.1) is 5.92 Å². The van der Waals surface area contributed by atoms with Crippen LogP contribution in [-0.4, -0.2) is 57.8 Å². The quantitative estimate of drug-likeness (QED) is 0.845. The van der Waals surface area contributed by atoms with Crippen LogP contribution in [0.25, 0.3) is 0 Å². The largest absolute Gasteiger partial charge is 0.341 e. The predicted molar refractivity (Wildman–Crippen MR) is 93.1 cm³/mol. The standard InChI is InChI=1S/C19H26N4O2/c24-18(15-4-1-2-5-15)22-8-3-9-23(11-10-22)19(25)16-12-20-17(21-13-16)14-6-7-14/h12-15H,1-11H2. The van der Waals surface area contributed by atoms with Crippen LogP contribution in [-0.2, 0) is 4.79 Å². The molecule has 1 aliphatic heterocycles. The monoisotopic (exact) mass is 342 g/mol. The van der Waals surface area contributed by atoms with Crippen LogP contribution in [0.15, 0.2) is 12.4 Å². The molecule has 1 aromatic heterocycles. The molecule has 0 bridgehead atoms. The minimum Gasteiger partial charge on any atom is -0.341 e. The summed E-state index contributed by atoms with van der Waals surface area (Å²) < 4.78 is 0. The Hall–Kier alpha value is -1.98. The van der Waals surface area contributed by atoms with Gasteiger partial charge in [0.2, 0.25) is 5.91 Å². The molecule has 6 heteroatoms. The number of hydrogen-bond donors (Lipinski definition) is 0. The molecule has 0 radical (unpaired) electrons. The molecule has 4 rings (SSSR count). The maximum Gasteiger partial charge on any atom is 0.257 e. The maximum atomic E-state index is 12.7. The zero-order valence-corrected chi connectivity index (χ0v) is 14.7. The summed E-state index contributed by atoms with van der Waals surface area (Å²) in [5.74, 6) is 1.85. The molecule has 1 aromatic rings. The first-order valence-electron chi connectivity index (χ1n) is 9.62. The van der Waals surface area contributed by atoms with Crippen molar-refractivity contribution in [3.63, 3.8) is 0 Å². The Bertz CT molecular complexity index is 635. The second-order valence-electron chi connectivity index (χ2n) is 7.56. The van der Waals surface area contributed by atoms with Crippen molar-refractivity contribution in [3.05, 3.63) is 23.8 Å². The van der Waals surface area contributed by atoms with Crippen molar-refractivity contribution < 1.29 is 9.59 Å². The average molecular weight is 342 g/mol. The van der Waals surface area contributed by atoms with Gasteiger partial charge in [-0.1, -0.05) is 12.8 Å². The number of amides is 2. The highest BCUT2D eigenvalue weighted by atomic mass is 16.2. The third-order valence-corrected chi connectivity index (χ3v) is 5.66. The van der Waals surface area contributed by atoms with E-state index >= 15 is 0 Å². The van der Waals surface area contributed by atoms with Crippen LogP contribution in [0.1, 0.15) is 67.0 Å². The number of carbonyl (C=O) groups is 2. The third kappa shape index (κ3) is 3.67.